The standard InChI is InChI=1S/C18H11ClN4O5/c19-10-5-6-15(23(26)27)11(7-10)18(25)28-9-16(24)12(8-20)17-21-13-3-1-2-4-14(13)22-17/h1-7,24H,9H2,(H,21,22). The molecule has 3 rings (SSSR count). The van der Waals surface area contributed by atoms with Crippen LogP contribution in [0.1, 0.15) is 16.2 Å². The van der Waals surface area contributed by atoms with Crippen LogP contribution in [0, 0.1) is 21.4 Å². The second-order valence-corrected chi connectivity index (χ2v) is 5.97. The smallest absolute Gasteiger partial charge is 0.345 e. The largest absolute Gasteiger partial charge is 0.507 e. The first-order valence-corrected chi connectivity index (χ1v) is 8.17. The van der Waals surface area contributed by atoms with Crippen LogP contribution in [-0.2, 0) is 4.74 Å². The summed E-state index contributed by atoms with van der Waals surface area (Å²) in [6.45, 7) is -0.678. The number of hydrogen-bond acceptors (Lipinski definition) is 7. The number of aliphatic hydroxyl groups excluding tert-OH is 1. The Morgan fingerprint density at radius 1 is 1.36 bits per heavy atom. The van der Waals surface area contributed by atoms with Gasteiger partial charge in [-0.15, -0.1) is 0 Å². The molecule has 0 spiro atoms. The van der Waals surface area contributed by atoms with Crippen molar-refractivity contribution in [3.05, 3.63) is 74.7 Å². The minimum Gasteiger partial charge on any atom is -0.507 e. The summed E-state index contributed by atoms with van der Waals surface area (Å²) >= 11 is 5.78. The third kappa shape index (κ3) is 3.77. The fraction of sp³-hybridized carbons (Fsp3) is 0.0556. The van der Waals surface area contributed by atoms with Crippen molar-refractivity contribution in [2.75, 3.05) is 6.61 Å². The Bertz CT molecular complexity index is 1130. The highest BCUT2D eigenvalue weighted by Crippen LogP contribution is 2.24. The second-order valence-electron chi connectivity index (χ2n) is 5.53. The Kier molecular flexibility index (Phi) is 5.24. The summed E-state index contributed by atoms with van der Waals surface area (Å²) in [6.07, 6.45) is 0. The van der Waals surface area contributed by atoms with E-state index in [1.165, 1.54) is 6.07 Å². The number of esters is 1. The number of imidazole rings is 1. The molecule has 1 aromatic heterocycles. The first kappa shape index (κ1) is 18.9. The zero-order valence-electron chi connectivity index (χ0n) is 14.0. The molecular weight excluding hydrogens is 388 g/mol. The lowest BCUT2D eigenvalue weighted by atomic mass is 10.2. The van der Waals surface area contributed by atoms with Crippen LogP contribution in [0.3, 0.4) is 0 Å². The van der Waals surface area contributed by atoms with Gasteiger partial charge in [-0.3, -0.25) is 10.1 Å². The molecular formula is C18H11ClN4O5. The lowest BCUT2D eigenvalue weighted by Gasteiger charge is -2.06. The predicted octanol–water partition coefficient (Wildman–Crippen LogP) is 3.77. The van der Waals surface area contributed by atoms with E-state index in [4.69, 9.17) is 16.3 Å². The summed E-state index contributed by atoms with van der Waals surface area (Å²) in [5, 5.41) is 30.7. The van der Waals surface area contributed by atoms with Gasteiger partial charge in [0.25, 0.3) is 5.69 Å². The SMILES string of the molecule is N#CC(=C(O)COC(=O)c1cc(Cl)ccc1[N+](=O)[O-])c1nc2ccccc2[nH]1. The molecule has 9 nitrogen and oxygen atoms in total. The number of nitro benzene ring substituents is 1. The van der Waals surface area contributed by atoms with Crippen molar-refractivity contribution in [1.82, 2.24) is 9.97 Å². The summed E-state index contributed by atoms with van der Waals surface area (Å²) in [5.41, 5.74) is 0.169. The summed E-state index contributed by atoms with van der Waals surface area (Å²) < 4.78 is 4.91. The topological polar surface area (TPSA) is 142 Å². The van der Waals surface area contributed by atoms with Crippen molar-refractivity contribution < 1.29 is 19.6 Å². The van der Waals surface area contributed by atoms with Gasteiger partial charge >= 0.3 is 5.97 Å². The molecule has 140 valence electrons. The zero-order valence-corrected chi connectivity index (χ0v) is 14.8. The number of halogens is 1. The molecule has 0 bridgehead atoms. The Labute approximate surface area is 162 Å². The van der Waals surface area contributed by atoms with Crippen LogP contribution in [-0.4, -0.2) is 32.6 Å². The number of benzene rings is 2. The third-order valence-corrected chi connectivity index (χ3v) is 3.98. The van der Waals surface area contributed by atoms with Crippen LogP contribution >= 0.6 is 11.6 Å². The monoisotopic (exact) mass is 398 g/mol. The summed E-state index contributed by atoms with van der Waals surface area (Å²) in [4.78, 5) is 29.6. The molecule has 0 atom stereocenters. The number of carbonyl (C=O) groups excluding carboxylic acids is 1. The van der Waals surface area contributed by atoms with Crippen LogP contribution in [0.15, 0.2) is 48.2 Å². The Hall–Kier alpha value is -3.90. The first-order valence-electron chi connectivity index (χ1n) is 7.79. The van der Waals surface area contributed by atoms with E-state index < -0.39 is 28.9 Å². The number of H-pyrrole nitrogens is 1. The third-order valence-electron chi connectivity index (χ3n) is 3.74. The first-order chi connectivity index (χ1) is 13.4. The van der Waals surface area contributed by atoms with Crippen LogP contribution in [0.4, 0.5) is 5.69 Å². The fourth-order valence-corrected chi connectivity index (χ4v) is 2.61. The molecule has 0 aliphatic carbocycles. The molecule has 10 heteroatoms. The second kappa shape index (κ2) is 7.77. The maximum absolute atomic E-state index is 12.2. The number of ether oxygens (including phenoxy) is 1. The molecule has 0 radical (unpaired) electrons. The fourth-order valence-electron chi connectivity index (χ4n) is 2.44. The van der Waals surface area contributed by atoms with Gasteiger partial charge in [0.2, 0.25) is 0 Å². The minimum absolute atomic E-state index is 0.103. The van der Waals surface area contributed by atoms with Crippen molar-refractivity contribution in [2.24, 2.45) is 0 Å². The van der Waals surface area contributed by atoms with Crippen molar-refractivity contribution >= 4 is 39.9 Å². The van der Waals surface area contributed by atoms with Crippen molar-refractivity contribution in [3.8, 4) is 6.07 Å². The Balaban J connectivity index is 1.84. The number of aromatic amines is 1. The predicted molar refractivity (Wildman–Crippen MR) is 99.6 cm³/mol. The number of aliphatic hydroxyl groups is 1. The molecule has 0 saturated carbocycles. The van der Waals surface area contributed by atoms with Gasteiger partial charge in [0.05, 0.1) is 16.0 Å². The average Bonchev–Trinajstić information content (AvgIpc) is 3.09. The Morgan fingerprint density at radius 2 is 2.11 bits per heavy atom. The summed E-state index contributed by atoms with van der Waals surface area (Å²) in [6, 6.07) is 12.2. The highest BCUT2D eigenvalue weighted by Gasteiger charge is 2.23. The Morgan fingerprint density at radius 3 is 2.79 bits per heavy atom. The number of nitrogens with zero attached hydrogens (tertiary/aromatic N) is 3. The van der Waals surface area contributed by atoms with Gasteiger partial charge in [-0.25, -0.2) is 9.78 Å². The molecule has 1 heterocycles. The number of para-hydroxylation sites is 2. The van der Waals surface area contributed by atoms with E-state index in [0.29, 0.717) is 11.0 Å². The van der Waals surface area contributed by atoms with Gasteiger partial charge in [0.1, 0.15) is 23.8 Å². The quantitative estimate of drug-likeness (QED) is 0.219. The zero-order chi connectivity index (χ0) is 20.3. The van der Waals surface area contributed by atoms with Crippen molar-refractivity contribution in [2.45, 2.75) is 0 Å². The van der Waals surface area contributed by atoms with Gasteiger partial charge in [-0.2, -0.15) is 5.26 Å². The van der Waals surface area contributed by atoms with Gasteiger partial charge in [-0.1, -0.05) is 23.7 Å². The van der Waals surface area contributed by atoms with E-state index in [1.54, 1.807) is 30.3 Å². The van der Waals surface area contributed by atoms with E-state index in [0.717, 1.165) is 12.1 Å². The van der Waals surface area contributed by atoms with Gasteiger partial charge in [-0.05, 0) is 24.3 Å². The summed E-state index contributed by atoms with van der Waals surface area (Å²) in [5.74, 6) is -1.52. The van der Waals surface area contributed by atoms with Gasteiger partial charge in [0, 0.05) is 11.1 Å². The van der Waals surface area contributed by atoms with Crippen LogP contribution < -0.4 is 0 Å². The number of rotatable bonds is 5. The number of carbonyl (C=O) groups is 1. The number of aromatic nitrogens is 2. The lowest BCUT2D eigenvalue weighted by Crippen LogP contribution is -2.11. The molecule has 3 aromatic rings. The maximum atomic E-state index is 12.2. The molecule has 0 aliphatic rings. The number of nitrogens with one attached hydrogen (secondary N) is 1. The van der Waals surface area contributed by atoms with E-state index in [2.05, 4.69) is 9.97 Å². The van der Waals surface area contributed by atoms with Crippen molar-refractivity contribution in [1.29, 1.82) is 5.26 Å². The van der Waals surface area contributed by atoms with Crippen LogP contribution in [0.25, 0.3) is 16.6 Å². The number of nitro groups is 1. The number of fused-ring (bicyclic) bond motifs is 1. The molecule has 0 aliphatic heterocycles. The van der Waals surface area contributed by atoms with E-state index in [-0.39, 0.29) is 22.0 Å². The number of allylic oxidation sites excluding steroid dienone is 1. The van der Waals surface area contributed by atoms with Gasteiger partial charge in [0.15, 0.2) is 11.6 Å². The average molecular weight is 399 g/mol. The molecule has 2 aromatic carbocycles. The van der Waals surface area contributed by atoms with E-state index in [1.807, 2.05) is 0 Å². The molecule has 0 fully saturated rings. The highest BCUT2D eigenvalue weighted by atomic mass is 35.5. The van der Waals surface area contributed by atoms with Gasteiger partial charge < -0.3 is 14.8 Å². The minimum atomic E-state index is -1.07. The van der Waals surface area contributed by atoms with E-state index >= 15 is 0 Å². The van der Waals surface area contributed by atoms with Crippen LogP contribution in [0.2, 0.25) is 5.02 Å². The molecule has 0 unspecified atom stereocenters. The number of nitriles is 1. The molecule has 0 saturated heterocycles. The summed E-state index contributed by atoms with van der Waals surface area (Å²) in [7, 11) is 0. The normalized spacial score (nSPS) is 11.6. The molecule has 0 amide bonds. The van der Waals surface area contributed by atoms with Crippen LogP contribution in [0.5, 0.6) is 0 Å². The maximum Gasteiger partial charge on any atom is 0.345 e. The highest BCUT2D eigenvalue weighted by molar-refractivity contribution is 6.31. The number of hydrogen-bond donors (Lipinski definition) is 2. The molecule has 28 heavy (non-hydrogen) atoms. The van der Waals surface area contributed by atoms with Crippen molar-refractivity contribution in [3.63, 3.8) is 0 Å². The lowest BCUT2D eigenvalue weighted by molar-refractivity contribution is -0.385. The molecule has 2 N–H and O–H groups in total. The van der Waals surface area contributed by atoms with E-state index in [9.17, 15) is 25.3 Å².